The lowest BCUT2D eigenvalue weighted by molar-refractivity contribution is -0.385. The van der Waals surface area contributed by atoms with E-state index in [0.29, 0.717) is 5.92 Å². The van der Waals surface area contributed by atoms with Crippen molar-refractivity contribution in [2.75, 3.05) is 0 Å². The summed E-state index contributed by atoms with van der Waals surface area (Å²) in [7, 11) is 0. The second-order valence-corrected chi connectivity index (χ2v) is 5.16. The van der Waals surface area contributed by atoms with Gasteiger partial charge in [-0.25, -0.2) is 0 Å². The molecule has 1 aromatic rings. The molecule has 0 bridgehead atoms. The fourth-order valence-corrected chi connectivity index (χ4v) is 2.49. The van der Waals surface area contributed by atoms with E-state index in [1.807, 2.05) is 0 Å². The highest BCUT2D eigenvalue weighted by atomic mass is 35.5. The summed E-state index contributed by atoms with van der Waals surface area (Å²) in [5, 5.41) is 13.8. The third-order valence-electron chi connectivity index (χ3n) is 3.31. The first-order valence-electron chi connectivity index (χ1n) is 6.28. The molecule has 0 saturated heterocycles. The molecular formula is C13H15ClN2O3. The lowest BCUT2D eigenvalue weighted by Gasteiger charge is -2.06. The van der Waals surface area contributed by atoms with Gasteiger partial charge in [-0.2, -0.15) is 0 Å². The number of amides is 1. The number of benzene rings is 1. The Morgan fingerprint density at radius 1 is 1.58 bits per heavy atom. The van der Waals surface area contributed by atoms with Crippen LogP contribution in [0.5, 0.6) is 0 Å². The van der Waals surface area contributed by atoms with Gasteiger partial charge in [0.15, 0.2) is 0 Å². The van der Waals surface area contributed by atoms with Crippen LogP contribution < -0.4 is 5.32 Å². The van der Waals surface area contributed by atoms with E-state index in [0.717, 1.165) is 19.3 Å². The van der Waals surface area contributed by atoms with Crippen LogP contribution in [0.2, 0.25) is 5.02 Å². The lowest BCUT2D eigenvalue weighted by Crippen LogP contribution is -2.27. The Kier molecular flexibility index (Phi) is 4.04. The number of nitro benzene ring substituents is 1. The molecule has 6 heteroatoms. The van der Waals surface area contributed by atoms with Crippen LogP contribution in [-0.2, 0) is 0 Å². The largest absolute Gasteiger partial charge is 0.349 e. The van der Waals surface area contributed by atoms with Crippen molar-refractivity contribution < 1.29 is 9.72 Å². The van der Waals surface area contributed by atoms with Gasteiger partial charge in [-0.3, -0.25) is 14.9 Å². The minimum absolute atomic E-state index is 0.0152. The highest BCUT2D eigenvalue weighted by Crippen LogP contribution is 2.35. The number of nitrogens with zero attached hydrogens (tertiary/aromatic N) is 1. The van der Waals surface area contributed by atoms with Crippen LogP contribution in [0.3, 0.4) is 0 Å². The maximum Gasteiger partial charge on any atom is 0.300 e. The maximum atomic E-state index is 12.0. The van der Waals surface area contributed by atoms with Crippen LogP contribution in [-0.4, -0.2) is 16.9 Å². The van der Waals surface area contributed by atoms with Gasteiger partial charge >= 0.3 is 5.69 Å². The number of nitro groups is 1. The van der Waals surface area contributed by atoms with Gasteiger partial charge in [-0.15, -0.1) is 0 Å². The van der Waals surface area contributed by atoms with Crippen molar-refractivity contribution in [2.24, 2.45) is 5.92 Å². The summed E-state index contributed by atoms with van der Waals surface area (Å²) in [5.74, 6) is 0.0880. The van der Waals surface area contributed by atoms with Gasteiger partial charge in [0.05, 0.1) is 4.92 Å². The third-order valence-corrected chi connectivity index (χ3v) is 3.62. The smallest absolute Gasteiger partial charge is 0.300 e. The van der Waals surface area contributed by atoms with Gasteiger partial charge in [-0.1, -0.05) is 31.0 Å². The van der Waals surface area contributed by atoms with E-state index in [2.05, 4.69) is 12.2 Å². The molecular weight excluding hydrogens is 268 g/mol. The van der Waals surface area contributed by atoms with Crippen LogP contribution in [0, 0.1) is 16.0 Å². The molecule has 1 fully saturated rings. The molecule has 1 aliphatic rings. The molecule has 2 rings (SSSR count). The molecule has 0 aromatic heterocycles. The summed E-state index contributed by atoms with van der Waals surface area (Å²) in [4.78, 5) is 22.4. The first-order chi connectivity index (χ1) is 9.04. The van der Waals surface area contributed by atoms with Crippen molar-refractivity contribution in [1.82, 2.24) is 5.32 Å². The standard InChI is InChI=1S/C13H15ClN2O3/c1-2-4-8-7-11(8)15-13(17)9-5-3-6-10(14)12(9)16(18)19/h3,5-6,8,11H,2,4,7H2,1H3,(H,15,17). The number of nitrogens with one attached hydrogen (secondary N) is 1. The second-order valence-electron chi connectivity index (χ2n) is 4.76. The van der Waals surface area contributed by atoms with E-state index in [9.17, 15) is 14.9 Å². The number of para-hydroxylation sites is 1. The van der Waals surface area contributed by atoms with Gasteiger partial charge in [0.2, 0.25) is 0 Å². The van der Waals surface area contributed by atoms with E-state index >= 15 is 0 Å². The zero-order valence-corrected chi connectivity index (χ0v) is 11.3. The average molecular weight is 283 g/mol. The topological polar surface area (TPSA) is 72.2 Å². The fraction of sp³-hybridized carbons (Fsp3) is 0.462. The molecule has 1 aliphatic carbocycles. The van der Waals surface area contributed by atoms with Gasteiger partial charge in [0.1, 0.15) is 10.6 Å². The van der Waals surface area contributed by atoms with Crippen LogP contribution in [0.15, 0.2) is 18.2 Å². The second kappa shape index (κ2) is 5.57. The normalized spacial score (nSPS) is 20.9. The van der Waals surface area contributed by atoms with E-state index in [1.165, 1.54) is 12.1 Å². The van der Waals surface area contributed by atoms with E-state index in [1.54, 1.807) is 6.07 Å². The summed E-state index contributed by atoms with van der Waals surface area (Å²) in [6, 6.07) is 4.52. The molecule has 1 N–H and O–H groups in total. The predicted octanol–water partition coefficient (Wildman–Crippen LogP) is 3.17. The first kappa shape index (κ1) is 13.8. The van der Waals surface area contributed by atoms with Crippen molar-refractivity contribution >= 4 is 23.2 Å². The lowest BCUT2D eigenvalue weighted by atomic mass is 10.1. The highest BCUT2D eigenvalue weighted by molar-refractivity contribution is 6.33. The molecule has 1 saturated carbocycles. The summed E-state index contributed by atoms with van der Waals surface area (Å²) in [6.07, 6.45) is 3.10. The molecule has 19 heavy (non-hydrogen) atoms. The Labute approximate surface area is 116 Å². The Bertz CT molecular complexity index is 519. The summed E-state index contributed by atoms with van der Waals surface area (Å²) < 4.78 is 0. The fourth-order valence-electron chi connectivity index (χ4n) is 2.24. The number of carbonyl (C=O) groups is 1. The number of hydrogen-bond donors (Lipinski definition) is 1. The summed E-state index contributed by atoms with van der Waals surface area (Å²) in [6.45, 7) is 2.10. The van der Waals surface area contributed by atoms with Gasteiger partial charge < -0.3 is 5.32 Å². The predicted molar refractivity (Wildman–Crippen MR) is 72.4 cm³/mol. The van der Waals surface area contributed by atoms with Gasteiger partial charge in [0, 0.05) is 6.04 Å². The van der Waals surface area contributed by atoms with E-state index in [4.69, 9.17) is 11.6 Å². The molecule has 5 nitrogen and oxygen atoms in total. The molecule has 0 aliphatic heterocycles. The number of halogens is 1. The van der Waals surface area contributed by atoms with Crippen molar-refractivity contribution in [3.05, 3.63) is 38.9 Å². The first-order valence-corrected chi connectivity index (χ1v) is 6.66. The zero-order valence-electron chi connectivity index (χ0n) is 10.6. The molecule has 0 spiro atoms. The summed E-state index contributed by atoms with van der Waals surface area (Å²) in [5.41, 5.74) is -0.297. The number of rotatable bonds is 5. The SMILES string of the molecule is CCCC1CC1NC(=O)c1cccc(Cl)c1[N+](=O)[O-]. The molecule has 102 valence electrons. The van der Waals surface area contributed by atoms with E-state index in [-0.39, 0.29) is 22.3 Å². The molecule has 1 aromatic carbocycles. The number of hydrogen-bond acceptors (Lipinski definition) is 3. The van der Waals surface area contributed by atoms with Crippen molar-refractivity contribution in [3.63, 3.8) is 0 Å². The highest BCUT2D eigenvalue weighted by Gasteiger charge is 2.38. The van der Waals surface area contributed by atoms with E-state index < -0.39 is 10.8 Å². The third kappa shape index (κ3) is 3.04. The Hall–Kier alpha value is -1.62. The maximum absolute atomic E-state index is 12.0. The minimum atomic E-state index is -0.617. The van der Waals surface area contributed by atoms with Gasteiger partial charge in [0.25, 0.3) is 5.91 Å². The summed E-state index contributed by atoms with van der Waals surface area (Å²) >= 11 is 5.78. The molecule has 2 unspecified atom stereocenters. The van der Waals surface area contributed by atoms with Crippen LogP contribution in [0.4, 0.5) is 5.69 Å². The molecule has 0 heterocycles. The Morgan fingerprint density at radius 2 is 2.32 bits per heavy atom. The number of carbonyl (C=O) groups excluding carboxylic acids is 1. The quantitative estimate of drug-likeness (QED) is 0.666. The van der Waals surface area contributed by atoms with Crippen molar-refractivity contribution in [1.29, 1.82) is 0 Å². The monoisotopic (exact) mass is 282 g/mol. The molecule has 0 radical (unpaired) electrons. The van der Waals surface area contributed by atoms with Crippen molar-refractivity contribution in [3.8, 4) is 0 Å². The minimum Gasteiger partial charge on any atom is -0.349 e. The molecule has 2 atom stereocenters. The van der Waals surface area contributed by atoms with Gasteiger partial charge in [-0.05, 0) is 30.9 Å². The zero-order chi connectivity index (χ0) is 14.0. The van der Waals surface area contributed by atoms with Crippen molar-refractivity contribution in [2.45, 2.75) is 32.2 Å². The molecule has 1 amide bonds. The van der Waals surface area contributed by atoms with Crippen LogP contribution >= 0.6 is 11.6 Å². The Morgan fingerprint density at radius 3 is 2.95 bits per heavy atom. The Balaban J connectivity index is 2.12. The van der Waals surface area contributed by atoms with Crippen LogP contribution in [0.1, 0.15) is 36.5 Å². The van der Waals surface area contributed by atoms with Crippen LogP contribution in [0.25, 0.3) is 0 Å². The average Bonchev–Trinajstić information content (AvgIpc) is 3.06.